The van der Waals surface area contributed by atoms with Gasteiger partial charge in [0.2, 0.25) is 5.91 Å². The highest BCUT2D eigenvalue weighted by molar-refractivity contribution is 8.05. The summed E-state index contributed by atoms with van der Waals surface area (Å²) in [6.45, 7) is 1.89. The summed E-state index contributed by atoms with van der Waals surface area (Å²) in [5.41, 5.74) is 0.701. The van der Waals surface area contributed by atoms with E-state index in [9.17, 15) is 28.0 Å². The van der Waals surface area contributed by atoms with Crippen molar-refractivity contribution in [1.82, 2.24) is 0 Å². The van der Waals surface area contributed by atoms with Crippen molar-refractivity contribution in [3.8, 4) is 11.8 Å². The van der Waals surface area contributed by atoms with E-state index in [4.69, 9.17) is 16.3 Å². The minimum Gasteiger partial charge on any atom is -0.497 e. The summed E-state index contributed by atoms with van der Waals surface area (Å²) in [6, 6.07) is 18.2. The molecule has 0 radical (unpaired) electrons. The number of amides is 2. The lowest BCUT2D eigenvalue weighted by atomic mass is 10.0. The van der Waals surface area contributed by atoms with Crippen LogP contribution in [0.2, 0.25) is 5.02 Å². The number of methoxy groups -OCH3 is 1. The smallest absolute Gasteiger partial charge is 0.416 e. The number of anilines is 2. The number of carbonyl (C=O) groups excluding carboxylic acids is 2. The average Bonchev–Trinajstić information content (AvgIpc) is 3.21. The van der Waals surface area contributed by atoms with Crippen LogP contribution in [0.5, 0.6) is 5.75 Å². The van der Waals surface area contributed by atoms with Gasteiger partial charge >= 0.3 is 6.18 Å². The number of rotatable bonds is 6. The van der Waals surface area contributed by atoms with Crippen molar-refractivity contribution in [3.05, 3.63) is 99.0 Å². The molecule has 2 amide bonds. The molecule has 4 rings (SSSR count). The monoisotopic (exact) mass is 571 g/mol. The van der Waals surface area contributed by atoms with Crippen molar-refractivity contribution in [2.75, 3.05) is 17.3 Å². The molecule has 1 aliphatic heterocycles. The molecular formula is C28H21ClF3N3O3S. The first-order valence-corrected chi connectivity index (χ1v) is 12.8. The van der Waals surface area contributed by atoms with Gasteiger partial charge in [-0.25, -0.2) is 0 Å². The number of hydrogen-bond acceptors (Lipinski definition) is 5. The molecule has 11 heteroatoms. The molecule has 1 atom stereocenters. The van der Waals surface area contributed by atoms with Gasteiger partial charge in [0.05, 0.1) is 17.9 Å². The van der Waals surface area contributed by atoms with Crippen LogP contribution in [0.15, 0.2) is 77.3 Å². The van der Waals surface area contributed by atoms with Crippen molar-refractivity contribution in [2.24, 2.45) is 0 Å². The van der Waals surface area contributed by atoms with Gasteiger partial charge in [-0.15, -0.1) is 0 Å². The van der Waals surface area contributed by atoms with Crippen LogP contribution in [-0.2, 0) is 22.2 Å². The molecule has 3 aromatic carbocycles. The van der Waals surface area contributed by atoms with Crippen LogP contribution in [0.1, 0.15) is 16.7 Å². The second kappa shape index (κ2) is 11.4. The van der Waals surface area contributed by atoms with Crippen LogP contribution in [0.25, 0.3) is 0 Å². The maximum atomic E-state index is 13.6. The van der Waals surface area contributed by atoms with Gasteiger partial charge in [-0.3, -0.25) is 14.5 Å². The number of hydrogen-bond donors (Lipinski definition) is 1. The fourth-order valence-electron chi connectivity index (χ4n) is 3.89. The predicted octanol–water partition coefficient (Wildman–Crippen LogP) is 6.74. The first kappa shape index (κ1) is 28.1. The first-order chi connectivity index (χ1) is 18.5. The highest BCUT2D eigenvalue weighted by Crippen LogP contribution is 2.43. The van der Waals surface area contributed by atoms with Gasteiger partial charge < -0.3 is 10.1 Å². The highest BCUT2D eigenvalue weighted by atomic mass is 35.5. The molecule has 0 aromatic heterocycles. The van der Waals surface area contributed by atoms with E-state index in [2.05, 4.69) is 5.32 Å². The molecule has 1 fully saturated rings. The van der Waals surface area contributed by atoms with Gasteiger partial charge in [0.25, 0.3) is 5.91 Å². The predicted molar refractivity (Wildman–Crippen MR) is 144 cm³/mol. The Morgan fingerprint density at radius 1 is 1.13 bits per heavy atom. The van der Waals surface area contributed by atoms with E-state index in [-0.39, 0.29) is 27.6 Å². The lowest BCUT2D eigenvalue weighted by Crippen LogP contribution is -2.31. The summed E-state index contributed by atoms with van der Waals surface area (Å²) >= 11 is 7.12. The molecule has 1 N–H and O–H groups in total. The lowest BCUT2D eigenvalue weighted by Gasteiger charge is -2.19. The van der Waals surface area contributed by atoms with Crippen molar-refractivity contribution in [3.63, 3.8) is 0 Å². The minimum absolute atomic E-state index is 0.0605. The average molecular weight is 572 g/mol. The van der Waals surface area contributed by atoms with Crippen molar-refractivity contribution < 1.29 is 27.5 Å². The Balaban J connectivity index is 1.74. The maximum Gasteiger partial charge on any atom is 0.416 e. The van der Waals surface area contributed by atoms with Gasteiger partial charge in [0.1, 0.15) is 22.4 Å². The number of aryl methyl sites for hydroxylation is 1. The van der Waals surface area contributed by atoms with Crippen LogP contribution in [0.3, 0.4) is 0 Å². The van der Waals surface area contributed by atoms with E-state index in [0.717, 1.165) is 35.5 Å². The van der Waals surface area contributed by atoms with E-state index < -0.39 is 28.8 Å². The van der Waals surface area contributed by atoms with Crippen molar-refractivity contribution in [2.45, 2.75) is 24.8 Å². The van der Waals surface area contributed by atoms with Gasteiger partial charge in [-0.2, -0.15) is 18.4 Å². The first-order valence-electron chi connectivity index (χ1n) is 11.5. The number of ether oxygens (including phenoxy) is 1. The Bertz CT molecular complexity index is 1480. The molecule has 200 valence electrons. The van der Waals surface area contributed by atoms with Crippen molar-refractivity contribution in [1.29, 1.82) is 5.26 Å². The molecule has 1 heterocycles. The van der Waals surface area contributed by atoms with Crippen molar-refractivity contribution >= 4 is 46.6 Å². The summed E-state index contributed by atoms with van der Waals surface area (Å²) in [7, 11) is 1.48. The topological polar surface area (TPSA) is 82.4 Å². The number of nitrogens with one attached hydrogen (secondary N) is 1. The van der Waals surface area contributed by atoms with Gasteiger partial charge in [-0.1, -0.05) is 41.1 Å². The van der Waals surface area contributed by atoms with Gasteiger partial charge in [-0.05, 0) is 73.5 Å². The molecule has 3 aromatic rings. The third-order valence-electron chi connectivity index (χ3n) is 5.92. The SMILES string of the molecule is COc1ccc(N2C(=O)C(Cc3cc(C(F)(F)F)ccc3Cl)S/C2=C(/C#N)C(=O)Nc2ccc(C)cc2)cc1. The quantitative estimate of drug-likeness (QED) is 0.262. The van der Waals surface area contributed by atoms with Crippen LogP contribution in [0, 0.1) is 18.3 Å². The van der Waals surface area contributed by atoms with Gasteiger partial charge in [0, 0.05) is 16.4 Å². The number of nitriles is 1. The number of alkyl halides is 3. The zero-order valence-electron chi connectivity index (χ0n) is 20.7. The zero-order chi connectivity index (χ0) is 28.3. The standard InChI is InChI=1S/C28H21ClF3N3O3S/c1-16-3-6-19(7-4-16)34-25(36)22(15-33)27-35(20-8-10-21(38-2)11-9-20)26(37)24(39-27)14-17-13-18(28(30,31)32)5-12-23(17)29/h3-13,24H,14H2,1-2H3,(H,34,36)/b27-22-. The number of benzene rings is 3. The number of nitrogens with zero attached hydrogens (tertiary/aromatic N) is 2. The van der Waals surface area contributed by atoms with E-state index in [1.165, 1.54) is 12.0 Å². The molecule has 0 bridgehead atoms. The molecule has 1 aliphatic rings. The van der Waals surface area contributed by atoms with E-state index in [0.29, 0.717) is 17.1 Å². The molecular weight excluding hydrogens is 551 g/mol. The Morgan fingerprint density at radius 3 is 2.38 bits per heavy atom. The van der Waals surface area contributed by atoms with Crippen LogP contribution >= 0.6 is 23.4 Å². The Kier molecular flexibility index (Phi) is 8.23. The molecule has 0 spiro atoms. The second-order valence-corrected chi connectivity index (χ2v) is 10.2. The third-order valence-corrected chi connectivity index (χ3v) is 7.56. The van der Waals surface area contributed by atoms with E-state index in [1.807, 2.05) is 13.0 Å². The summed E-state index contributed by atoms with van der Waals surface area (Å²) in [6.07, 6.45) is -4.74. The fraction of sp³-hybridized carbons (Fsp3) is 0.179. The molecule has 6 nitrogen and oxygen atoms in total. The van der Waals surface area contributed by atoms with Crippen LogP contribution in [0.4, 0.5) is 24.5 Å². The van der Waals surface area contributed by atoms with Gasteiger partial charge in [0.15, 0.2) is 0 Å². The van der Waals surface area contributed by atoms with Crippen LogP contribution in [-0.4, -0.2) is 24.2 Å². The number of carbonyl (C=O) groups is 2. The minimum atomic E-state index is -4.59. The molecule has 39 heavy (non-hydrogen) atoms. The molecule has 1 unspecified atom stereocenters. The summed E-state index contributed by atoms with van der Waals surface area (Å²) in [5.74, 6) is -0.717. The van der Waals surface area contributed by atoms with E-state index >= 15 is 0 Å². The molecule has 1 saturated heterocycles. The largest absolute Gasteiger partial charge is 0.497 e. The van der Waals surface area contributed by atoms with E-state index in [1.54, 1.807) is 48.5 Å². The Hall–Kier alpha value is -3.94. The number of thioether (sulfide) groups is 1. The lowest BCUT2D eigenvalue weighted by molar-refractivity contribution is -0.137. The molecule has 0 aliphatic carbocycles. The normalized spacial score (nSPS) is 16.6. The fourth-order valence-corrected chi connectivity index (χ4v) is 5.38. The highest BCUT2D eigenvalue weighted by Gasteiger charge is 2.41. The Morgan fingerprint density at radius 2 is 1.79 bits per heavy atom. The number of halogens is 4. The third kappa shape index (κ3) is 6.21. The van der Waals surface area contributed by atoms with Crippen LogP contribution < -0.4 is 15.0 Å². The summed E-state index contributed by atoms with van der Waals surface area (Å²) in [4.78, 5) is 28.0. The summed E-state index contributed by atoms with van der Waals surface area (Å²) < 4.78 is 45.1. The zero-order valence-corrected chi connectivity index (χ0v) is 22.2. The molecule has 0 saturated carbocycles. The summed E-state index contributed by atoms with van der Waals surface area (Å²) in [5, 5.41) is 11.8. The Labute approximate surface area is 232 Å². The maximum absolute atomic E-state index is 13.6. The second-order valence-electron chi connectivity index (χ2n) is 8.60.